The first kappa shape index (κ1) is 23.5. The summed E-state index contributed by atoms with van der Waals surface area (Å²) in [6, 6.07) is 11.6. The minimum absolute atomic E-state index is 0.0662. The molecule has 2 aromatic carbocycles. The van der Waals surface area contributed by atoms with E-state index in [0.717, 1.165) is 5.56 Å². The predicted octanol–water partition coefficient (Wildman–Crippen LogP) is 5.52. The number of carbonyl (C=O) groups excluding carboxylic acids is 2. The fraction of sp³-hybridized carbons (Fsp3) is 0.364. The molecular formula is C22H25Cl3N2O2. The lowest BCUT2D eigenvalue weighted by Gasteiger charge is -2.31. The lowest BCUT2D eigenvalue weighted by Crippen LogP contribution is -2.52. The molecule has 0 aromatic heterocycles. The molecule has 1 atom stereocenters. The first-order chi connectivity index (χ1) is 13.5. The van der Waals surface area contributed by atoms with Crippen molar-refractivity contribution in [2.75, 3.05) is 0 Å². The van der Waals surface area contributed by atoms with Gasteiger partial charge in [0.15, 0.2) is 0 Å². The van der Waals surface area contributed by atoms with E-state index in [0.29, 0.717) is 20.6 Å². The van der Waals surface area contributed by atoms with Crippen LogP contribution in [0.2, 0.25) is 15.1 Å². The Morgan fingerprint density at radius 3 is 2.14 bits per heavy atom. The lowest BCUT2D eigenvalue weighted by atomic mass is 10.1. The van der Waals surface area contributed by atoms with E-state index in [1.165, 1.54) is 0 Å². The van der Waals surface area contributed by atoms with Crippen LogP contribution in [-0.4, -0.2) is 28.3 Å². The van der Waals surface area contributed by atoms with Gasteiger partial charge in [0.25, 0.3) is 0 Å². The molecule has 2 rings (SSSR count). The van der Waals surface area contributed by atoms with Gasteiger partial charge in [0.2, 0.25) is 11.8 Å². The first-order valence-corrected chi connectivity index (χ1v) is 10.4. The van der Waals surface area contributed by atoms with Gasteiger partial charge < -0.3 is 10.2 Å². The van der Waals surface area contributed by atoms with Crippen LogP contribution < -0.4 is 5.32 Å². The quantitative estimate of drug-likeness (QED) is 0.623. The Hall–Kier alpha value is -1.75. The van der Waals surface area contributed by atoms with Gasteiger partial charge in [0, 0.05) is 27.2 Å². The molecule has 7 heteroatoms. The Labute approximate surface area is 187 Å². The van der Waals surface area contributed by atoms with Crippen molar-refractivity contribution in [1.82, 2.24) is 10.2 Å². The topological polar surface area (TPSA) is 49.4 Å². The molecule has 0 aliphatic rings. The zero-order chi connectivity index (χ0) is 21.8. The summed E-state index contributed by atoms with van der Waals surface area (Å²) in [5, 5.41) is 4.47. The molecule has 0 fully saturated rings. The van der Waals surface area contributed by atoms with Crippen LogP contribution in [0, 0.1) is 0 Å². The molecule has 29 heavy (non-hydrogen) atoms. The SMILES string of the molecule is CC(C(=O)NC(C)(C)C)N(Cc1ccc(Cl)cc1)C(=O)Cc1ccc(Cl)cc1Cl. The summed E-state index contributed by atoms with van der Waals surface area (Å²) >= 11 is 18.1. The van der Waals surface area contributed by atoms with Crippen LogP contribution in [0.15, 0.2) is 42.5 Å². The zero-order valence-electron chi connectivity index (χ0n) is 16.9. The standard InChI is InChI=1S/C22H25Cl3N2O2/c1-14(21(29)26-22(2,3)4)27(13-15-5-8-17(23)9-6-15)20(28)11-16-7-10-18(24)12-19(16)25/h5-10,12,14H,11,13H2,1-4H3,(H,26,29). The van der Waals surface area contributed by atoms with E-state index < -0.39 is 11.6 Å². The number of amides is 2. The van der Waals surface area contributed by atoms with Crippen LogP contribution >= 0.6 is 34.8 Å². The van der Waals surface area contributed by atoms with Crippen molar-refractivity contribution in [3.05, 3.63) is 68.7 Å². The number of rotatable bonds is 6. The van der Waals surface area contributed by atoms with Gasteiger partial charge in [0.1, 0.15) is 6.04 Å². The highest BCUT2D eigenvalue weighted by molar-refractivity contribution is 6.35. The summed E-state index contributed by atoms with van der Waals surface area (Å²) in [4.78, 5) is 27.5. The second kappa shape index (κ2) is 9.84. The molecule has 4 nitrogen and oxygen atoms in total. The Kier molecular flexibility index (Phi) is 7.98. The second-order valence-electron chi connectivity index (χ2n) is 7.98. The Balaban J connectivity index is 2.27. The smallest absolute Gasteiger partial charge is 0.242 e. The number of hydrogen-bond acceptors (Lipinski definition) is 2. The van der Waals surface area contributed by atoms with E-state index in [1.807, 2.05) is 32.9 Å². The molecule has 2 amide bonds. The van der Waals surface area contributed by atoms with Crippen molar-refractivity contribution < 1.29 is 9.59 Å². The Bertz CT molecular complexity index is 877. The van der Waals surface area contributed by atoms with Gasteiger partial charge in [-0.1, -0.05) is 53.0 Å². The highest BCUT2D eigenvalue weighted by Gasteiger charge is 2.28. The van der Waals surface area contributed by atoms with Crippen LogP contribution in [0.5, 0.6) is 0 Å². The monoisotopic (exact) mass is 454 g/mol. The van der Waals surface area contributed by atoms with Crippen LogP contribution in [0.3, 0.4) is 0 Å². The van der Waals surface area contributed by atoms with Gasteiger partial charge in [-0.3, -0.25) is 9.59 Å². The molecule has 0 aliphatic carbocycles. The van der Waals surface area contributed by atoms with Crippen molar-refractivity contribution in [3.63, 3.8) is 0 Å². The number of nitrogens with one attached hydrogen (secondary N) is 1. The van der Waals surface area contributed by atoms with E-state index in [4.69, 9.17) is 34.8 Å². The molecule has 0 heterocycles. The highest BCUT2D eigenvalue weighted by Crippen LogP contribution is 2.23. The van der Waals surface area contributed by atoms with Gasteiger partial charge in [-0.15, -0.1) is 0 Å². The van der Waals surface area contributed by atoms with E-state index in [9.17, 15) is 9.59 Å². The maximum atomic E-state index is 13.2. The number of benzene rings is 2. The van der Waals surface area contributed by atoms with Crippen LogP contribution in [0.25, 0.3) is 0 Å². The minimum Gasteiger partial charge on any atom is -0.350 e. The third kappa shape index (κ3) is 7.22. The normalized spacial score (nSPS) is 12.4. The molecule has 0 saturated carbocycles. The van der Waals surface area contributed by atoms with Gasteiger partial charge in [0.05, 0.1) is 6.42 Å². The molecule has 1 N–H and O–H groups in total. The summed E-state index contributed by atoms with van der Waals surface area (Å²) in [5.74, 6) is -0.428. The number of carbonyl (C=O) groups is 2. The molecule has 1 unspecified atom stereocenters. The van der Waals surface area contributed by atoms with Gasteiger partial charge in [-0.25, -0.2) is 0 Å². The maximum absolute atomic E-state index is 13.2. The van der Waals surface area contributed by atoms with Crippen LogP contribution in [0.1, 0.15) is 38.8 Å². The largest absolute Gasteiger partial charge is 0.350 e. The summed E-state index contributed by atoms with van der Waals surface area (Å²) in [7, 11) is 0. The van der Waals surface area contributed by atoms with E-state index in [-0.39, 0.29) is 24.8 Å². The average Bonchev–Trinajstić information content (AvgIpc) is 2.61. The molecule has 2 aromatic rings. The zero-order valence-corrected chi connectivity index (χ0v) is 19.2. The number of hydrogen-bond donors (Lipinski definition) is 1. The fourth-order valence-electron chi connectivity index (χ4n) is 2.77. The molecule has 156 valence electrons. The molecule has 0 bridgehead atoms. The number of nitrogens with zero attached hydrogens (tertiary/aromatic N) is 1. The van der Waals surface area contributed by atoms with Gasteiger partial charge in [-0.05, 0) is 63.1 Å². The lowest BCUT2D eigenvalue weighted by molar-refractivity contribution is -0.140. The average molecular weight is 456 g/mol. The first-order valence-electron chi connectivity index (χ1n) is 9.26. The molecule has 0 saturated heterocycles. The summed E-state index contributed by atoms with van der Waals surface area (Å²) in [6.07, 6.45) is 0.0662. The summed E-state index contributed by atoms with van der Waals surface area (Å²) in [5.41, 5.74) is 1.13. The van der Waals surface area contributed by atoms with Crippen LogP contribution in [-0.2, 0) is 22.6 Å². The van der Waals surface area contributed by atoms with Crippen molar-refractivity contribution in [1.29, 1.82) is 0 Å². The van der Waals surface area contributed by atoms with Crippen molar-refractivity contribution >= 4 is 46.6 Å². The minimum atomic E-state index is -0.663. The van der Waals surface area contributed by atoms with E-state index in [2.05, 4.69) is 5.32 Å². The summed E-state index contributed by atoms with van der Waals surface area (Å²) < 4.78 is 0. The van der Waals surface area contributed by atoms with Gasteiger partial charge >= 0.3 is 0 Å². The Morgan fingerprint density at radius 1 is 1.00 bits per heavy atom. The fourth-order valence-corrected chi connectivity index (χ4v) is 3.37. The highest BCUT2D eigenvalue weighted by atomic mass is 35.5. The van der Waals surface area contributed by atoms with Crippen molar-refractivity contribution in [2.45, 2.75) is 52.2 Å². The van der Waals surface area contributed by atoms with Crippen molar-refractivity contribution in [3.8, 4) is 0 Å². The van der Waals surface area contributed by atoms with E-state index in [1.54, 1.807) is 42.2 Å². The third-order valence-electron chi connectivity index (χ3n) is 4.29. The Morgan fingerprint density at radius 2 is 1.59 bits per heavy atom. The summed E-state index contributed by atoms with van der Waals surface area (Å²) in [6.45, 7) is 7.70. The van der Waals surface area contributed by atoms with Crippen LogP contribution in [0.4, 0.5) is 0 Å². The molecule has 0 aliphatic heterocycles. The predicted molar refractivity (Wildman–Crippen MR) is 120 cm³/mol. The van der Waals surface area contributed by atoms with Gasteiger partial charge in [-0.2, -0.15) is 0 Å². The molecule has 0 spiro atoms. The molecule has 0 radical (unpaired) electrons. The third-order valence-corrected chi connectivity index (χ3v) is 5.13. The second-order valence-corrected chi connectivity index (χ2v) is 9.26. The maximum Gasteiger partial charge on any atom is 0.242 e. The van der Waals surface area contributed by atoms with E-state index >= 15 is 0 Å². The van der Waals surface area contributed by atoms with Crippen molar-refractivity contribution in [2.24, 2.45) is 0 Å². The molecular weight excluding hydrogens is 431 g/mol. The number of halogens is 3.